The lowest BCUT2D eigenvalue weighted by Crippen LogP contribution is -2.18. The molecule has 0 N–H and O–H groups in total. The number of aromatic nitrogens is 2. The fourth-order valence-electron chi connectivity index (χ4n) is 1.70. The van der Waals surface area contributed by atoms with Gasteiger partial charge in [0, 0.05) is 12.8 Å². The van der Waals surface area contributed by atoms with E-state index in [0.717, 1.165) is 25.0 Å². The van der Waals surface area contributed by atoms with Crippen molar-refractivity contribution in [3.63, 3.8) is 0 Å². The van der Waals surface area contributed by atoms with Crippen LogP contribution in [0.3, 0.4) is 0 Å². The highest BCUT2D eigenvalue weighted by Crippen LogP contribution is 2.32. The van der Waals surface area contributed by atoms with E-state index in [1.165, 1.54) is 6.42 Å². The van der Waals surface area contributed by atoms with Gasteiger partial charge in [0.2, 0.25) is 0 Å². The molecule has 1 aliphatic rings. The van der Waals surface area contributed by atoms with E-state index in [4.69, 9.17) is 4.74 Å². The van der Waals surface area contributed by atoms with Crippen molar-refractivity contribution in [1.82, 2.24) is 9.78 Å². The SMILES string of the molecule is CS(C)(C)C#Cc1cnn(C2CCCCO2)c1. The second-order valence-corrected chi connectivity index (χ2v) is 8.97. The van der Waals surface area contributed by atoms with Gasteiger partial charge < -0.3 is 4.74 Å². The maximum absolute atomic E-state index is 5.68. The van der Waals surface area contributed by atoms with E-state index >= 15 is 0 Å². The summed E-state index contributed by atoms with van der Waals surface area (Å²) in [5, 5.41) is 7.63. The molecule has 0 radical (unpaired) electrons. The monoisotopic (exact) mass is 252 g/mol. The Bertz CT molecular complexity index is 430. The van der Waals surface area contributed by atoms with Crippen LogP contribution in [0.2, 0.25) is 0 Å². The third-order valence-electron chi connectivity index (χ3n) is 2.55. The van der Waals surface area contributed by atoms with Gasteiger partial charge in [-0.2, -0.15) is 15.1 Å². The fourth-order valence-corrected chi connectivity index (χ4v) is 2.13. The molecule has 1 saturated heterocycles. The maximum Gasteiger partial charge on any atom is 0.150 e. The molecule has 1 unspecified atom stereocenters. The van der Waals surface area contributed by atoms with Gasteiger partial charge in [-0.15, -0.1) is 0 Å². The second kappa shape index (κ2) is 5.16. The lowest BCUT2D eigenvalue weighted by atomic mass is 10.2. The van der Waals surface area contributed by atoms with Crippen LogP contribution in [0, 0.1) is 11.2 Å². The van der Waals surface area contributed by atoms with Crippen LogP contribution < -0.4 is 0 Å². The first kappa shape index (κ1) is 12.5. The van der Waals surface area contributed by atoms with Crippen molar-refractivity contribution in [2.24, 2.45) is 0 Å². The van der Waals surface area contributed by atoms with E-state index in [-0.39, 0.29) is 6.23 Å². The van der Waals surface area contributed by atoms with Crippen molar-refractivity contribution in [2.75, 3.05) is 25.4 Å². The fraction of sp³-hybridized carbons (Fsp3) is 0.615. The van der Waals surface area contributed by atoms with Crippen molar-refractivity contribution in [2.45, 2.75) is 25.5 Å². The van der Waals surface area contributed by atoms with E-state index in [9.17, 15) is 0 Å². The summed E-state index contributed by atoms with van der Waals surface area (Å²) in [6.45, 7) is 0.845. The first-order valence-electron chi connectivity index (χ1n) is 5.91. The topological polar surface area (TPSA) is 27.1 Å². The zero-order valence-electron chi connectivity index (χ0n) is 10.8. The smallest absolute Gasteiger partial charge is 0.150 e. The first-order chi connectivity index (χ1) is 8.04. The Kier molecular flexibility index (Phi) is 3.80. The van der Waals surface area contributed by atoms with Crippen LogP contribution in [0.4, 0.5) is 0 Å². The van der Waals surface area contributed by atoms with Crippen LogP contribution in [0.15, 0.2) is 12.4 Å². The van der Waals surface area contributed by atoms with Crippen molar-refractivity contribution in [3.05, 3.63) is 18.0 Å². The minimum absolute atomic E-state index is 0.112. The molecule has 2 rings (SSSR count). The van der Waals surface area contributed by atoms with Crippen LogP contribution >= 0.6 is 10.0 Å². The predicted molar refractivity (Wildman–Crippen MR) is 73.3 cm³/mol. The van der Waals surface area contributed by atoms with Crippen LogP contribution in [0.5, 0.6) is 0 Å². The zero-order valence-corrected chi connectivity index (χ0v) is 11.6. The summed E-state index contributed by atoms with van der Waals surface area (Å²) < 4.78 is 7.58. The summed E-state index contributed by atoms with van der Waals surface area (Å²) in [6, 6.07) is 0. The molecular formula is C13H20N2OS. The molecule has 0 amide bonds. The highest BCUT2D eigenvalue weighted by molar-refractivity contribution is 8.35. The lowest BCUT2D eigenvalue weighted by molar-refractivity contribution is -0.0394. The largest absolute Gasteiger partial charge is 0.357 e. The van der Waals surface area contributed by atoms with E-state index in [1.54, 1.807) is 0 Å². The Morgan fingerprint density at radius 3 is 2.88 bits per heavy atom. The molecule has 17 heavy (non-hydrogen) atoms. The van der Waals surface area contributed by atoms with Crippen molar-refractivity contribution in [1.29, 1.82) is 0 Å². The third kappa shape index (κ3) is 3.79. The van der Waals surface area contributed by atoms with E-state index in [1.807, 2.05) is 17.1 Å². The third-order valence-corrected chi connectivity index (χ3v) is 3.27. The van der Waals surface area contributed by atoms with Gasteiger partial charge in [-0.05, 0) is 43.3 Å². The van der Waals surface area contributed by atoms with Crippen molar-refractivity contribution < 1.29 is 4.74 Å². The molecule has 4 heteroatoms. The molecule has 1 aromatic rings. The van der Waals surface area contributed by atoms with Crippen molar-refractivity contribution in [3.8, 4) is 11.2 Å². The summed E-state index contributed by atoms with van der Waals surface area (Å²) in [7, 11) is -0.767. The molecule has 0 spiro atoms. The number of hydrogen-bond acceptors (Lipinski definition) is 2. The van der Waals surface area contributed by atoms with Gasteiger partial charge >= 0.3 is 0 Å². The molecule has 94 valence electrons. The average Bonchev–Trinajstić information content (AvgIpc) is 2.75. The molecule has 3 nitrogen and oxygen atoms in total. The van der Waals surface area contributed by atoms with Crippen LogP contribution in [0.1, 0.15) is 31.1 Å². The molecule has 0 saturated carbocycles. The van der Waals surface area contributed by atoms with Gasteiger partial charge in [0.05, 0.1) is 11.8 Å². The van der Waals surface area contributed by atoms with Gasteiger partial charge in [-0.1, -0.05) is 5.92 Å². The minimum atomic E-state index is -0.767. The molecule has 1 aromatic heterocycles. The standard InChI is InChI=1S/C13H20N2OS/c1-17(2,3)9-7-12-10-14-15(11-12)13-6-4-5-8-16-13/h10-11,13H,4-6,8H2,1-3H3. The van der Waals surface area contributed by atoms with E-state index in [0.29, 0.717) is 0 Å². The molecular weight excluding hydrogens is 232 g/mol. The highest BCUT2D eigenvalue weighted by Gasteiger charge is 2.15. The van der Waals surface area contributed by atoms with Gasteiger partial charge in [0.15, 0.2) is 0 Å². The summed E-state index contributed by atoms with van der Waals surface area (Å²) in [5.74, 6) is 3.19. The summed E-state index contributed by atoms with van der Waals surface area (Å²) >= 11 is 0. The molecule has 0 aliphatic carbocycles. The van der Waals surface area contributed by atoms with Gasteiger partial charge in [-0.3, -0.25) is 0 Å². The zero-order chi connectivity index (χ0) is 12.3. The Balaban J connectivity index is 2.07. The van der Waals surface area contributed by atoms with Crippen molar-refractivity contribution >= 4 is 10.0 Å². The van der Waals surface area contributed by atoms with Crippen LogP contribution in [-0.2, 0) is 4.74 Å². The number of ether oxygens (including phenoxy) is 1. The van der Waals surface area contributed by atoms with E-state index in [2.05, 4.69) is 35.0 Å². The maximum atomic E-state index is 5.68. The van der Waals surface area contributed by atoms with Gasteiger partial charge in [-0.25, -0.2) is 4.68 Å². The van der Waals surface area contributed by atoms with E-state index < -0.39 is 10.0 Å². The predicted octanol–water partition coefficient (Wildman–Crippen LogP) is 2.59. The number of rotatable bonds is 1. The van der Waals surface area contributed by atoms with Crippen LogP contribution in [-0.4, -0.2) is 35.2 Å². The summed E-state index contributed by atoms with van der Waals surface area (Å²) in [4.78, 5) is 0. The second-order valence-electron chi connectivity index (χ2n) is 5.09. The van der Waals surface area contributed by atoms with Crippen LogP contribution in [0.25, 0.3) is 0 Å². The van der Waals surface area contributed by atoms with Gasteiger partial charge in [0.25, 0.3) is 0 Å². The molecule has 1 aliphatic heterocycles. The molecule has 0 aromatic carbocycles. The lowest BCUT2D eigenvalue weighted by Gasteiger charge is -2.22. The minimum Gasteiger partial charge on any atom is -0.357 e. The normalized spacial score (nSPS) is 21.7. The quantitative estimate of drug-likeness (QED) is 0.718. The Labute approximate surface area is 105 Å². The first-order valence-corrected chi connectivity index (χ1v) is 8.77. The Morgan fingerprint density at radius 1 is 1.41 bits per heavy atom. The Hall–Kier alpha value is -0.920. The van der Waals surface area contributed by atoms with Gasteiger partial charge in [0.1, 0.15) is 6.23 Å². The summed E-state index contributed by atoms with van der Waals surface area (Å²) in [5.41, 5.74) is 0.988. The Morgan fingerprint density at radius 2 is 2.24 bits per heavy atom. The molecule has 1 fully saturated rings. The summed E-state index contributed by atoms with van der Waals surface area (Å²) in [6.07, 6.45) is 13.9. The molecule has 1 atom stereocenters. The molecule has 0 bridgehead atoms. The highest BCUT2D eigenvalue weighted by atomic mass is 32.3. The average molecular weight is 252 g/mol. The number of hydrogen-bond donors (Lipinski definition) is 0. The molecule has 2 heterocycles. The number of nitrogens with zero attached hydrogens (tertiary/aromatic N) is 2.